The fraction of sp³-hybridized carbons (Fsp3) is 0.529. The maximum absolute atomic E-state index is 13.0. The Hall–Kier alpha value is -2.22. The van der Waals surface area contributed by atoms with Crippen molar-refractivity contribution in [3.8, 4) is 0 Å². The maximum Gasteiger partial charge on any atom is 0.274 e. The van der Waals surface area contributed by atoms with E-state index in [0.717, 1.165) is 19.4 Å². The number of likely N-dealkylation sites (tertiary alicyclic amines) is 1. The highest BCUT2D eigenvalue weighted by atomic mass is 32.1. The molecule has 2 aromatic rings. The molecule has 0 bridgehead atoms. The van der Waals surface area contributed by atoms with Gasteiger partial charge in [-0.15, -0.1) is 11.3 Å². The molecule has 2 fully saturated rings. The van der Waals surface area contributed by atoms with Gasteiger partial charge in [-0.05, 0) is 24.7 Å². The lowest BCUT2D eigenvalue weighted by Crippen LogP contribution is -2.40. The number of thiazole rings is 1. The lowest BCUT2D eigenvalue weighted by Gasteiger charge is -2.31. The molecule has 25 heavy (non-hydrogen) atoms. The zero-order valence-electron chi connectivity index (χ0n) is 14.2. The van der Waals surface area contributed by atoms with Crippen molar-refractivity contribution >= 4 is 28.1 Å². The summed E-state index contributed by atoms with van der Waals surface area (Å²) in [4.78, 5) is 44.7. The molecule has 0 aromatic carbocycles. The monoisotopic (exact) mass is 360 g/mol. The molecule has 1 aliphatic carbocycles. The number of aromatic nitrogens is 2. The van der Waals surface area contributed by atoms with Crippen molar-refractivity contribution < 1.29 is 9.59 Å². The first-order chi connectivity index (χ1) is 11.9. The standard InChI is InChI=1S/C17H20N4O3S/c1-19-9-11-6-12(5-10(11)7-15(19)23)20(2)16(24)13-8-14(22)18-17-21(13)3-4-25-17/h3-4,8,10-12H,5-7,9H2,1-2H3/t10-,11+,12-/m0/s1. The topological polar surface area (TPSA) is 75.0 Å². The van der Waals surface area contributed by atoms with Crippen molar-refractivity contribution in [1.82, 2.24) is 19.2 Å². The van der Waals surface area contributed by atoms with Crippen LogP contribution >= 0.6 is 11.3 Å². The summed E-state index contributed by atoms with van der Waals surface area (Å²) < 4.78 is 1.67. The zero-order valence-corrected chi connectivity index (χ0v) is 15.0. The van der Waals surface area contributed by atoms with Crippen LogP contribution in [-0.4, -0.2) is 57.7 Å². The Morgan fingerprint density at radius 3 is 2.88 bits per heavy atom. The molecule has 2 aromatic heterocycles. The van der Waals surface area contributed by atoms with E-state index in [4.69, 9.17) is 0 Å². The van der Waals surface area contributed by atoms with Crippen LogP contribution in [0.4, 0.5) is 0 Å². The van der Waals surface area contributed by atoms with Gasteiger partial charge >= 0.3 is 0 Å². The van der Waals surface area contributed by atoms with E-state index in [0.29, 0.717) is 28.9 Å². The van der Waals surface area contributed by atoms with Crippen molar-refractivity contribution in [2.24, 2.45) is 11.8 Å². The zero-order chi connectivity index (χ0) is 17.7. The number of carbonyl (C=O) groups excluding carboxylic acids is 2. The Balaban J connectivity index is 1.58. The molecule has 132 valence electrons. The highest BCUT2D eigenvalue weighted by Gasteiger charge is 2.42. The van der Waals surface area contributed by atoms with Gasteiger partial charge in [0.25, 0.3) is 11.5 Å². The molecule has 2 amide bonds. The Morgan fingerprint density at radius 2 is 2.08 bits per heavy atom. The van der Waals surface area contributed by atoms with Gasteiger partial charge in [0.1, 0.15) is 5.69 Å². The van der Waals surface area contributed by atoms with Crippen LogP contribution in [0.5, 0.6) is 0 Å². The van der Waals surface area contributed by atoms with E-state index >= 15 is 0 Å². The molecule has 0 radical (unpaired) electrons. The third kappa shape index (κ3) is 2.74. The van der Waals surface area contributed by atoms with Gasteiger partial charge in [0, 0.05) is 50.7 Å². The van der Waals surface area contributed by atoms with Crippen molar-refractivity contribution in [2.75, 3.05) is 20.6 Å². The third-order valence-corrected chi connectivity index (χ3v) is 6.35. The molecular weight excluding hydrogens is 340 g/mol. The minimum Gasteiger partial charge on any atom is -0.345 e. The predicted octanol–water partition coefficient (Wildman–Crippen LogP) is 1.08. The van der Waals surface area contributed by atoms with Crippen molar-refractivity contribution in [1.29, 1.82) is 0 Å². The van der Waals surface area contributed by atoms with Crippen LogP contribution in [0.2, 0.25) is 0 Å². The van der Waals surface area contributed by atoms with E-state index in [2.05, 4.69) is 4.98 Å². The quantitative estimate of drug-likeness (QED) is 0.803. The molecular formula is C17H20N4O3S. The number of carbonyl (C=O) groups is 2. The molecule has 3 atom stereocenters. The number of amides is 2. The number of nitrogens with zero attached hydrogens (tertiary/aromatic N) is 4. The second kappa shape index (κ2) is 5.94. The van der Waals surface area contributed by atoms with Crippen molar-refractivity contribution in [3.63, 3.8) is 0 Å². The van der Waals surface area contributed by atoms with E-state index in [9.17, 15) is 14.4 Å². The van der Waals surface area contributed by atoms with E-state index < -0.39 is 5.56 Å². The summed E-state index contributed by atoms with van der Waals surface area (Å²) in [7, 11) is 3.64. The van der Waals surface area contributed by atoms with Crippen LogP contribution in [0.3, 0.4) is 0 Å². The van der Waals surface area contributed by atoms with Gasteiger partial charge in [-0.25, -0.2) is 0 Å². The molecule has 1 saturated heterocycles. The van der Waals surface area contributed by atoms with Gasteiger partial charge < -0.3 is 9.80 Å². The molecule has 0 N–H and O–H groups in total. The highest BCUT2D eigenvalue weighted by Crippen LogP contribution is 2.40. The number of hydrogen-bond donors (Lipinski definition) is 0. The summed E-state index contributed by atoms with van der Waals surface area (Å²) in [5, 5.41) is 1.81. The second-order valence-corrected chi connectivity index (χ2v) is 7.95. The summed E-state index contributed by atoms with van der Waals surface area (Å²) in [5.41, 5.74) is -0.0478. The van der Waals surface area contributed by atoms with Gasteiger partial charge in [-0.3, -0.25) is 18.8 Å². The van der Waals surface area contributed by atoms with E-state index in [-0.39, 0.29) is 17.9 Å². The van der Waals surface area contributed by atoms with Gasteiger partial charge in [0.2, 0.25) is 5.91 Å². The predicted molar refractivity (Wildman–Crippen MR) is 93.7 cm³/mol. The van der Waals surface area contributed by atoms with Gasteiger partial charge in [-0.1, -0.05) is 0 Å². The molecule has 1 saturated carbocycles. The van der Waals surface area contributed by atoms with Crippen LogP contribution < -0.4 is 5.56 Å². The summed E-state index contributed by atoms with van der Waals surface area (Å²) in [6.07, 6.45) is 4.08. The van der Waals surface area contributed by atoms with Crippen LogP contribution in [-0.2, 0) is 4.79 Å². The second-order valence-electron chi connectivity index (χ2n) is 7.08. The summed E-state index contributed by atoms with van der Waals surface area (Å²) in [6.45, 7) is 0.769. The molecule has 0 spiro atoms. The smallest absolute Gasteiger partial charge is 0.274 e. The van der Waals surface area contributed by atoms with Crippen LogP contribution in [0.25, 0.3) is 4.96 Å². The molecule has 3 heterocycles. The van der Waals surface area contributed by atoms with E-state index in [1.807, 2.05) is 12.4 Å². The first-order valence-electron chi connectivity index (χ1n) is 8.42. The van der Waals surface area contributed by atoms with E-state index in [1.54, 1.807) is 27.4 Å². The van der Waals surface area contributed by atoms with E-state index in [1.165, 1.54) is 17.4 Å². The lowest BCUT2D eigenvalue weighted by atomic mass is 9.88. The lowest BCUT2D eigenvalue weighted by molar-refractivity contribution is -0.134. The number of rotatable bonds is 2. The molecule has 7 nitrogen and oxygen atoms in total. The SMILES string of the molecule is CN1C[C@H]2C[C@@H](N(C)C(=O)c3cc(=O)nc4sccn34)C[C@H]2CC1=O. The number of hydrogen-bond acceptors (Lipinski definition) is 5. The number of fused-ring (bicyclic) bond motifs is 2. The van der Waals surface area contributed by atoms with Crippen LogP contribution in [0.15, 0.2) is 22.4 Å². The minimum absolute atomic E-state index is 0.0966. The van der Waals surface area contributed by atoms with Crippen LogP contribution in [0.1, 0.15) is 29.8 Å². The summed E-state index contributed by atoms with van der Waals surface area (Å²) in [6, 6.07) is 1.40. The summed E-state index contributed by atoms with van der Waals surface area (Å²) in [5.74, 6) is 0.822. The van der Waals surface area contributed by atoms with Gasteiger partial charge in [-0.2, -0.15) is 4.98 Å². The summed E-state index contributed by atoms with van der Waals surface area (Å²) >= 11 is 1.33. The van der Waals surface area contributed by atoms with Gasteiger partial charge in [0.05, 0.1) is 0 Å². The first kappa shape index (κ1) is 16.3. The van der Waals surface area contributed by atoms with Crippen molar-refractivity contribution in [2.45, 2.75) is 25.3 Å². The third-order valence-electron chi connectivity index (χ3n) is 5.59. The fourth-order valence-corrected chi connectivity index (χ4v) is 4.88. The highest BCUT2D eigenvalue weighted by molar-refractivity contribution is 7.15. The molecule has 0 unspecified atom stereocenters. The molecule has 2 aliphatic rings. The normalized spacial score (nSPS) is 26.1. The molecule has 1 aliphatic heterocycles. The molecule has 4 rings (SSSR count). The Kier molecular flexibility index (Phi) is 3.87. The van der Waals surface area contributed by atoms with Gasteiger partial charge in [0.15, 0.2) is 4.96 Å². The minimum atomic E-state index is -0.397. The fourth-order valence-electron chi connectivity index (χ4n) is 4.16. The number of piperidine rings is 1. The first-order valence-corrected chi connectivity index (χ1v) is 9.30. The van der Waals surface area contributed by atoms with Crippen LogP contribution in [0, 0.1) is 11.8 Å². The van der Waals surface area contributed by atoms with Crippen molar-refractivity contribution in [3.05, 3.63) is 33.7 Å². The Morgan fingerprint density at radius 1 is 1.32 bits per heavy atom. The maximum atomic E-state index is 13.0. The average Bonchev–Trinajstić information content (AvgIpc) is 3.19. The average molecular weight is 360 g/mol. The largest absolute Gasteiger partial charge is 0.345 e. The molecule has 8 heteroatoms. The Labute approximate surface area is 148 Å². The Bertz CT molecular complexity index is 905.